The number of hydrogen-bond acceptors (Lipinski definition) is 3. The Labute approximate surface area is 99.3 Å². The summed E-state index contributed by atoms with van der Waals surface area (Å²) in [6, 6.07) is 0. The molecule has 0 aliphatic heterocycles. The highest BCUT2D eigenvalue weighted by Gasteiger charge is 2.25. The van der Waals surface area contributed by atoms with Crippen LogP contribution in [0.25, 0.3) is 0 Å². The lowest BCUT2D eigenvalue weighted by molar-refractivity contribution is 0.484. The third-order valence-electron chi connectivity index (χ3n) is 1.76. The van der Waals surface area contributed by atoms with E-state index >= 15 is 0 Å². The first kappa shape index (κ1) is 14.9. The predicted octanol–water partition coefficient (Wildman–Crippen LogP) is 4.90. The third kappa shape index (κ3) is 7.83. The van der Waals surface area contributed by atoms with E-state index < -0.39 is 0 Å². The molecule has 1 unspecified atom stereocenters. The van der Waals surface area contributed by atoms with Crippen molar-refractivity contribution in [2.75, 3.05) is 0 Å². The van der Waals surface area contributed by atoms with Crippen LogP contribution in [0.1, 0.15) is 61.3 Å². The third-order valence-corrected chi connectivity index (χ3v) is 3.03. The largest absolute Gasteiger partial charge is 0.187 e. The second kappa shape index (κ2) is 5.88. The van der Waals surface area contributed by atoms with E-state index in [1.807, 2.05) is 11.8 Å². The highest BCUT2D eigenvalue weighted by molar-refractivity contribution is 8.01. The van der Waals surface area contributed by atoms with Crippen LogP contribution >= 0.6 is 11.8 Å². The molecule has 2 nitrogen and oxygen atoms in total. The second-order valence-electron chi connectivity index (χ2n) is 5.46. The lowest BCUT2D eigenvalue weighted by atomic mass is 10.1. The molecule has 0 spiro atoms. The average molecular weight is 230 g/mol. The molecule has 0 aliphatic rings. The fourth-order valence-corrected chi connectivity index (χ4v) is 2.79. The number of nitrogens with zero attached hydrogens (tertiary/aromatic N) is 2. The SMILES string of the molecule is CCCC(C)(N=NC(C)(C)C)SC(C)C. The lowest BCUT2D eigenvalue weighted by Crippen LogP contribution is -2.21. The van der Waals surface area contributed by atoms with Crippen LogP contribution in [0.3, 0.4) is 0 Å². The van der Waals surface area contributed by atoms with Crippen LogP contribution in [0.5, 0.6) is 0 Å². The molecule has 90 valence electrons. The quantitative estimate of drug-likeness (QED) is 0.617. The van der Waals surface area contributed by atoms with Crippen LogP contribution < -0.4 is 0 Å². The minimum atomic E-state index is -0.0630. The van der Waals surface area contributed by atoms with Gasteiger partial charge in [-0.2, -0.15) is 10.2 Å². The summed E-state index contributed by atoms with van der Waals surface area (Å²) in [6.07, 6.45) is 2.24. The Kier molecular flexibility index (Phi) is 5.86. The molecule has 0 aromatic carbocycles. The molecular weight excluding hydrogens is 204 g/mol. The Bertz CT molecular complexity index is 206. The Balaban J connectivity index is 4.57. The first-order valence-corrected chi connectivity index (χ1v) is 6.68. The predicted molar refractivity (Wildman–Crippen MR) is 70.6 cm³/mol. The van der Waals surface area contributed by atoms with E-state index in [9.17, 15) is 0 Å². The number of thioether (sulfide) groups is 1. The molecule has 1 atom stereocenters. The van der Waals surface area contributed by atoms with E-state index in [4.69, 9.17) is 0 Å². The molecule has 0 amide bonds. The first-order valence-electron chi connectivity index (χ1n) is 5.80. The van der Waals surface area contributed by atoms with Gasteiger partial charge in [0.2, 0.25) is 0 Å². The van der Waals surface area contributed by atoms with Gasteiger partial charge in [0.1, 0.15) is 4.87 Å². The highest BCUT2D eigenvalue weighted by atomic mass is 32.2. The Hall–Kier alpha value is -0.0500. The maximum Gasteiger partial charge on any atom is 0.124 e. The molecule has 0 saturated carbocycles. The minimum absolute atomic E-state index is 0.0454. The fourth-order valence-electron chi connectivity index (χ4n) is 1.36. The molecule has 0 rings (SSSR count). The molecule has 0 aliphatic carbocycles. The molecule has 0 heterocycles. The summed E-state index contributed by atoms with van der Waals surface area (Å²) in [5, 5.41) is 9.55. The molecule has 0 fully saturated rings. The van der Waals surface area contributed by atoms with Crippen molar-refractivity contribution in [2.24, 2.45) is 10.2 Å². The van der Waals surface area contributed by atoms with E-state index in [0.29, 0.717) is 5.25 Å². The van der Waals surface area contributed by atoms with Gasteiger partial charge >= 0.3 is 0 Å². The summed E-state index contributed by atoms with van der Waals surface area (Å²) in [7, 11) is 0. The summed E-state index contributed by atoms with van der Waals surface area (Å²) in [5.74, 6) is 0. The van der Waals surface area contributed by atoms with Gasteiger partial charge in [-0.05, 0) is 34.1 Å². The molecule has 0 radical (unpaired) electrons. The maximum absolute atomic E-state index is 4.54. The molecule has 0 aromatic heterocycles. The molecule has 0 aromatic rings. The maximum atomic E-state index is 4.54. The average Bonchev–Trinajstić information content (AvgIpc) is 1.99. The van der Waals surface area contributed by atoms with Crippen molar-refractivity contribution in [3.63, 3.8) is 0 Å². The molecule has 15 heavy (non-hydrogen) atoms. The van der Waals surface area contributed by atoms with Crippen molar-refractivity contribution in [2.45, 2.75) is 77.0 Å². The van der Waals surface area contributed by atoms with Crippen molar-refractivity contribution in [1.82, 2.24) is 0 Å². The van der Waals surface area contributed by atoms with Crippen molar-refractivity contribution >= 4 is 11.8 Å². The number of rotatable bonds is 5. The summed E-state index contributed by atoms with van der Waals surface area (Å²) < 4.78 is 0. The Morgan fingerprint density at radius 1 is 1.07 bits per heavy atom. The first-order chi connectivity index (χ1) is 6.68. The fraction of sp³-hybridized carbons (Fsp3) is 1.00. The van der Waals surface area contributed by atoms with E-state index in [1.54, 1.807) is 0 Å². The second-order valence-corrected chi connectivity index (χ2v) is 7.52. The van der Waals surface area contributed by atoms with Gasteiger partial charge in [0, 0.05) is 5.25 Å². The van der Waals surface area contributed by atoms with Crippen molar-refractivity contribution in [3.8, 4) is 0 Å². The van der Waals surface area contributed by atoms with Crippen LogP contribution in [0.2, 0.25) is 0 Å². The van der Waals surface area contributed by atoms with E-state index in [-0.39, 0.29) is 10.4 Å². The molecule has 0 saturated heterocycles. The number of hydrogen-bond donors (Lipinski definition) is 0. The molecule has 0 N–H and O–H groups in total. The van der Waals surface area contributed by atoms with E-state index in [0.717, 1.165) is 12.8 Å². The van der Waals surface area contributed by atoms with Gasteiger partial charge in [0.15, 0.2) is 0 Å². The van der Waals surface area contributed by atoms with Crippen molar-refractivity contribution < 1.29 is 0 Å². The van der Waals surface area contributed by atoms with Gasteiger partial charge in [-0.3, -0.25) is 0 Å². The van der Waals surface area contributed by atoms with Gasteiger partial charge in [-0.15, -0.1) is 11.8 Å². The van der Waals surface area contributed by atoms with Crippen LogP contribution in [0, 0.1) is 0 Å². The van der Waals surface area contributed by atoms with Gasteiger partial charge < -0.3 is 0 Å². The summed E-state index contributed by atoms with van der Waals surface area (Å²) in [4.78, 5) is -0.0454. The van der Waals surface area contributed by atoms with Crippen LogP contribution in [-0.4, -0.2) is 15.7 Å². The normalized spacial score (nSPS) is 17.3. The van der Waals surface area contributed by atoms with Gasteiger partial charge in [0.25, 0.3) is 0 Å². The molecule has 0 bridgehead atoms. The van der Waals surface area contributed by atoms with Gasteiger partial charge in [0.05, 0.1) is 5.54 Å². The minimum Gasteiger partial charge on any atom is -0.187 e. The zero-order chi connectivity index (χ0) is 12.1. The summed E-state index contributed by atoms with van der Waals surface area (Å²) in [5.41, 5.74) is -0.0630. The van der Waals surface area contributed by atoms with Crippen molar-refractivity contribution in [3.05, 3.63) is 0 Å². The van der Waals surface area contributed by atoms with E-state index in [1.165, 1.54) is 0 Å². The summed E-state index contributed by atoms with van der Waals surface area (Å²) in [6.45, 7) is 15.1. The van der Waals surface area contributed by atoms with Crippen LogP contribution in [0.15, 0.2) is 10.2 Å². The Morgan fingerprint density at radius 2 is 1.60 bits per heavy atom. The van der Waals surface area contributed by atoms with Gasteiger partial charge in [-0.25, -0.2) is 0 Å². The van der Waals surface area contributed by atoms with Crippen molar-refractivity contribution in [1.29, 1.82) is 0 Å². The monoisotopic (exact) mass is 230 g/mol. The van der Waals surface area contributed by atoms with Crippen LogP contribution in [-0.2, 0) is 0 Å². The van der Waals surface area contributed by atoms with E-state index in [2.05, 4.69) is 58.7 Å². The summed E-state index contributed by atoms with van der Waals surface area (Å²) >= 11 is 1.91. The number of azo groups is 1. The molecular formula is C12H26N2S. The smallest absolute Gasteiger partial charge is 0.124 e. The van der Waals surface area contributed by atoms with Gasteiger partial charge in [-0.1, -0.05) is 27.2 Å². The zero-order valence-corrected chi connectivity index (χ0v) is 12.1. The molecule has 3 heteroatoms. The standard InChI is InChI=1S/C12H26N2S/c1-8-9-12(7,15-10(2)3)14-13-11(4,5)6/h10H,8-9H2,1-7H3. The Morgan fingerprint density at radius 3 is 1.93 bits per heavy atom. The zero-order valence-electron chi connectivity index (χ0n) is 11.3. The lowest BCUT2D eigenvalue weighted by Gasteiger charge is -2.26. The topological polar surface area (TPSA) is 24.7 Å². The highest BCUT2D eigenvalue weighted by Crippen LogP contribution is 2.35. The van der Waals surface area contributed by atoms with Crippen LogP contribution in [0.4, 0.5) is 0 Å².